The first kappa shape index (κ1) is 29.7. The number of carbonyl (C=O) groups excluding carboxylic acids is 2. The number of hydrogen-bond donors (Lipinski definition) is 1. The van der Waals surface area contributed by atoms with E-state index in [2.05, 4.69) is 29.2 Å². The molecule has 1 saturated carbocycles. The first-order valence-electron chi connectivity index (χ1n) is 14.4. The number of ketones is 2. The Morgan fingerprint density at radius 2 is 1.09 bits per heavy atom. The lowest BCUT2D eigenvalue weighted by Crippen LogP contribution is -2.46. The first-order chi connectivity index (χ1) is 20.9. The second kappa shape index (κ2) is 13.9. The Bertz CT molecular complexity index is 1460. The lowest BCUT2D eigenvalue weighted by molar-refractivity contribution is -0.142. The molecule has 1 aliphatic carbocycles. The van der Waals surface area contributed by atoms with Gasteiger partial charge in [0.1, 0.15) is 18.4 Å². The summed E-state index contributed by atoms with van der Waals surface area (Å²) in [7, 11) is 0. The van der Waals surface area contributed by atoms with E-state index in [1.165, 1.54) is 11.1 Å². The Morgan fingerprint density at radius 1 is 0.651 bits per heavy atom. The zero-order valence-electron chi connectivity index (χ0n) is 24.1. The zero-order chi connectivity index (χ0) is 30.2. The maximum atomic E-state index is 13.2. The summed E-state index contributed by atoms with van der Waals surface area (Å²) >= 11 is 0. The quantitative estimate of drug-likeness (QED) is 0.199. The molecule has 0 atom stereocenters. The number of ether oxygens (including phenoxy) is 1. The van der Waals surface area contributed by atoms with Gasteiger partial charge in [0.15, 0.2) is 11.6 Å². The maximum Gasteiger partial charge on any atom is 0.329 e. The fourth-order valence-corrected chi connectivity index (χ4v) is 5.25. The van der Waals surface area contributed by atoms with Crippen LogP contribution in [0.3, 0.4) is 0 Å². The first-order valence-corrected chi connectivity index (χ1v) is 14.4. The number of rotatable bonds is 14. The molecule has 5 rings (SSSR count). The van der Waals surface area contributed by atoms with Crippen LogP contribution in [0.4, 0.5) is 11.4 Å². The van der Waals surface area contributed by atoms with Crippen LogP contribution < -0.4 is 9.80 Å². The molecule has 0 aromatic heterocycles. The number of carbonyl (C=O) groups is 3. The highest BCUT2D eigenvalue weighted by atomic mass is 16.5. The molecular formula is C36H34N2O5. The molecule has 1 fully saturated rings. The molecule has 4 aromatic rings. The van der Waals surface area contributed by atoms with Gasteiger partial charge in [0.2, 0.25) is 0 Å². The highest BCUT2D eigenvalue weighted by Gasteiger charge is 2.52. The van der Waals surface area contributed by atoms with Crippen LogP contribution in [0.25, 0.3) is 0 Å². The molecule has 0 amide bonds. The predicted octanol–water partition coefficient (Wildman–Crippen LogP) is 5.52. The maximum absolute atomic E-state index is 13.2. The van der Waals surface area contributed by atoms with Crippen molar-refractivity contribution in [1.82, 2.24) is 0 Å². The van der Waals surface area contributed by atoms with Crippen LogP contribution in [-0.2, 0) is 32.2 Å². The summed E-state index contributed by atoms with van der Waals surface area (Å²) in [5, 5.41) is 8.73. The summed E-state index contributed by atoms with van der Waals surface area (Å²) < 4.78 is 5.15. The van der Waals surface area contributed by atoms with Crippen molar-refractivity contribution < 1.29 is 24.2 Å². The number of benzene rings is 4. The molecule has 1 aliphatic rings. The molecule has 7 heteroatoms. The van der Waals surface area contributed by atoms with Gasteiger partial charge in [0.25, 0.3) is 0 Å². The summed E-state index contributed by atoms with van der Waals surface area (Å²) in [6.45, 7) is 4.62. The molecule has 0 heterocycles. The fraction of sp³-hybridized carbons (Fsp3) is 0.194. The number of Topliss-reactive ketones (excluding diaryl/α,β-unsaturated/α-hetero) is 2. The number of likely N-dealkylation sites (N-methyl/N-ethyl adjacent to an activating group) is 1. The molecule has 0 spiro atoms. The molecule has 0 aliphatic heterocycles. The van der Waals surface area contributed by atoms with Gasteiger partial charge in [-0.2, -0.15) is 0 Å². The predicted molar refractivity (Wildman–Crippen MR) is 167 cm³/mol. The molecular weight excluding hydrogens is 540 g/mol. The summed E-state index contributed by atoms with van der Waals surface area (Å²) in [6, 6.07) is 35.5. The van der Waals surface area contributed by atoms with Crippen molar-refractivity contribution >= 4 is 28.9 Å². The molecule has 2 radical (unpaired) electrons. The topological polar surface area (TPSA) is 87.2 Å². The monoisotopic (exact) mass is 574 g/mol. The molecule has 7 nitrogen and oxygen atoms in total. The second-order valence-electron chi connectivity index (χ2n) is 10.4. The number of carboxylic acid groups (broad SMARTS) is 1. The van der Waals surface area contributed by atoms with E-state index >= 15 is 0 Å². The molecule has 0 saturated heterocycles. The third kappa shape index (κ3) is 7.19. The minimum Gasteiger partial charge on any atom is -0.480 e. The third-order valence-electron chi connectivity index (χ3n) is 7.50. The van der Waals surface area contributed by atoms with E-state index in [1.807, 2.05) is 84.6 Å². The Kier molecular flexibility index (Phi) is 9.64. The van der Waals surface area contributed by atoms with E-state index in [9.17, 15) is 14.4 Å². The molecule has 1 N–H and O–H groups in total. The SMILES string of the molecule is CCN(CCOCC(=O)O)c1ccc([C]2C(=O)[C](c3ccc(N(Cc4ccccc4)Cc4ccccc4)cc3)C2=O)cc1. The van der Waals surface area contributed by atoms with Gasteiger partial charge in [-0.3, -0.25) is 9.59 Å². The van der Waals surface area contributed by atoms with Gasteiger partial charge in [-0.25, -0.2) is 4.79 Å². The molecule has 43 heavy (non-hydrogen) atoms. The summed E-state index contributed by atoms with van der Waals surface area (Å²) in [4.78, 5) is 41.4. The van der Waals surface area contributed by atoms with E-state index < -0.39 is 5.97 Å². The van der Waals surface area contributed by atoms with Gasteiger partial charge in [-0.05, 0) is 53.4 Å². The van der Waals surface area contributed by atoms with Crippen LogP contribution >= 0.6 is 0 Å². The normalized spacial score (nSPS) is 13.5. The van der Waals surface area contributed by atoms with Crippen molar-refractivity contribution in [3.63, 3.8) is 0 Å². The van der Waals surface area contributed by atoms with Crippen LogP contribution in [0.5, 0.6) is 0 Å². The number of aliphatic carboxylic acids is 1. The Labute approximate surface area is 252 Å². The van der Waals surface area contributed by atoms with Crippen molar-refractivity contribution in [1.29, 1.82) is 0 Å². The van der Waals surface area contributed by atoms with E-state index in [0.717, 1.165) is 24.5 Å². The van der Waals surface area contributed by atoms with Crippen LogP contribution in [0.2, 0.25) is 0 Å². The number of nitrogens with zero attached hydrogens (tertiary/aromatic N) is 2. The Morgan fingerprint density at radius 3 is 1.51 bits per heavy atom. The van der Waals surface area contributed by atoms with Gasteiger partial charge in [0.05, 0.1) is 6.61 Å². The van der Waals surface area contributed by atoms with E-state index in [1.54, 1.807) is 12.1 Å². The van der Waals surface area contributed by atoms with Gasteiger partial charge < -0.3 is 19.6 Å². The molecule has 218 valence electrons. The minimum absolute atomic E-state index is 0.202. The van der Waals surface area contributed by atoms with Crippen LogP contribution in [-0.4, -0.2) is 48.9 Å². The fourth-order valence-electron chi connectivity index (χ4n) is 5.25. The Balaban J connectivity index is 1.25. The summed E-state index contributed by atoms with van der Waals surface area (Å²) in [5.74, 6) is -1.07. The highest BCUT2D eigenvalue weighted by molar-refractivity contribution is 6.49. The highest BCUT2D eigenvalue weighted by Crippen LogP contribution is 2.40. The van der Waals surface area contributed by atoms with E-state index in [-0.39, 0.29) is 36.6 Å². The summed E-state index contributed by atoms with van der Waals surface area (Å²) in [5.41, 5.74) is 5.51. The van der Waals surface area contributed by atoms with Crippen molar-refractivity contribution in [2.45, 2.75) is 20.0 Å². The lowest BCUT2D eigenvalue weighted by atomic mass is 9.66. The standard InChI is InChI=1S/C36H34N2O5/c1-2-37(21-22-43-25-32(39)40)30-17-13-28(14-18-30)33-35(41)34(36(33)42)29-15-19-31(20-16-29)38(23-26-9-5-3-6-10-26)24-27-11-7-4-8-12-27/h3-20H,2,21-25H2,1H3,(H,39,40). The van der Waals surface area contributed by atoms with Crippen molar-refractivity contribution in [3.8, 4) is 0 Å². The van der Waals surface area contributed by atoms with Crippen molar-refractivity contribution in [3.05, 3.63) is 143 Å². The minimum atomic E-state index is -1.00. The van der Waals surface area contributed by atoms with Crippen molar-refractivity contribution in [2.24, 2.45) is 0 Å². The molecule has 0 unspecified atom stereocenters. The number of carboxylic acids is 1. The van der Waals surface area contributed by atoms with Crippen LogP contribution in [0, 0.1) is 11.8 Å². The molecule has 0 bridgehead atoms. The van der Waals surface area contributed by atoms with Crippen LogP contribution in [0.15, 0.2) is 109 Å². The second-order valence-corrected chi connectivity index (χ2v) is 10.4. The smallest absolute Gasteiger partial charge is 0.329 e. The average Bonchev–Trinajstić information content (AvgIpc) is 3.03. The van der Waals surface area contributed by atoms with E-state index in [4.69, 9.17) is 9.84 Å². The Hall–Kier alpha value is -4.75. The van der Waals surface area contributed by atoms with Gasteiger partial charge in [-0.1, -0.05) is 84.9 Å². The number of hydrogen-bond acceptors (Lipinski definition) is 6. The zero-order valence-corrected chi connectivity index (χ0v) is 24.1. The molecule has 4 aromatic carbocycles. The van der Waals surface area contributed by atoms with Crippen molar-refractivity contribution in [2.75, 3.05) is 36.1 Å². The van der Waals surface area contributed by atoms with Gasteiger partial charge in [0, 0.05) is 37.6 Å². The number of anilines is 2. The van der Waals surface area contributed by atoms with E-state index in [0.29, 0.717) is 24.2 Å². The lowest BCUT2D eigenvalue weighted by Gasteiger charge is -2.32. The third-order valence-corrected chi connectivity index (χ3v) is 7.50. The summed E-state index contributed by atoms with van der Waals surface area (Å²) in [6.07, 6.45) is 0. The van der Waals surface area contributed by atoms with Gasteiger partial charge >= 0.3 is 5.97 Å². The largest absolute Gasteiger partial charge is 0.480 e. The average molecular weight is 575 g/mol. The van der Waals surface area contributed by atoms with Crippen LogP contribution in [0.1, 0.15) is 29.2 Å². The van der Waals surface area contributed by atoms with Gasteiger partial charge in [-0.15, -0.1) is 0 Å².